The molecule has 0 saturated heterocycles. The van der Waals surface area contributed by atoms with E-state index >= 15 is 0 Å². The van der Waals surface area contributed by atoms with E-state index in [0.29, 0.717) is 17.9 Å². The normalized spacial score (nSPS) is 11.3. The molecule has 0 fully saturated rings. The third-order valence-corrected chi connectivity index (χ3v) is 2.72. The molecule has 8 heteroatoms. The van der Waals surface area contributed by atoms with Gasteiger partial charge in [0.1, 0.15) is 16.7 Å². The Kier molecular flexibility index (Phi) is 4.52. The lowest BCUT2D eigenvalue weighted by atomic mass is 10.2. The van der Waals surface area contributed by atoms with Crippen LogP contribution in [0.4, 0.5) is 19.0 Å². The zero-order valence-electron chi connectivity index (χ0n) is 10.9. The zero-order valence-corrected chi connectivity index (χ0v) is 11.7. The van der Waals surface area contributed by atoms with E-state index in [1.807, 2.05) is 0 Å². The monoisotopic (exact) mass is 317 g/mol. The number of ether oxygens (including phenoxy) is 1. The van der Waals surface area contributed by atoms with Gasteiger partial charge in [-0.05, 0) is 17.7 Å². The van der Waals surface area contributed by atoms with Crippen LogP contribution in [0.25, 0.3) is 0 Å². The smallest absolute Gasteiger partial charge is 0.406 e. The fourth-order valence-electron chi connectivity index (χ4n) is 1.71. The molecule has 2 aromatic rings. The van der Waals surface area contributed by atoms with Gasteiger partial charge in [0, 0.05) is 13.6 Å². The molecule has 0 bridgehead atoms. The van der Waals surface area contributed by atoms with Crippen LogP contribution in [0, 0.1) is 0 Å². The average Bonchev–Trinajstić information content (AvgIpc) is 2.37. The van der Waals surface area contributed by atoms with Gasteiger partial charge in [-0.3, -0.25) is 4.98 Å². The fourth-order valence-corrected chi connectivity index (χ4v) is 1.86. The van der Waals surface area contributed by atoms with E-state index in [1.165, 1.54) is 30.6 Å². The molecular weight excluding hydrogens is 307 g/mol. The summed E-state index contributed by atoms with van der Waals surface area (Å²) in [4.78, 5) is 9.69. The fraction of sp³-hybridized carbons (Fsp3) is 0.231. The van der Waals surface area contributed by atoms with E-state index in [4.69, 9.17) is 11.6 Å². The summed E-state index contributed by atoms with van der Waals surface area (Å²) < 4.78 is 40.4. The molecule has 1 aromatic carbocycles. The Hall–Kier alpha value is -2.02. The van der Waals surface area contributed by atoms with E-state index in [2.05, 4.69) is 14.7 Å². The Morgan fingerprint density at radius 1 is 1.29 bits per heavy atom. The lowest BCUT2D eigenvalue weighted by Gasteiger charge is -2.18. The molecular formula is C13H11ClF3N3O. The summed E-state index contributed by atoms with van der Waals surface area (Å²) in [5, 5.41) is 0.244. The van der Waals surface area contributed by atoms with E-state index in [0.717, 1.165) is 0 Å². The molecule has 21 heavy (non-hydrogen) atoms. The molecule has 0 unspecified atom stereocenters. The molecule has 0 amide bonds. The topological polar surface area (TPSA) is 38.2 Å². The lowest BCUT2D eigenvalue weighted by molar-refractivity contribution is -0.274. The zero-order chi connectivity index (χ0) is 15.5. The quantitative estimate of drug-likeness (QED) is 0.862. The molecule has 2 rings (SSSR count). The average molecular weight is 318 g/mol. The van der Waals surface area contributed by atoms with Crippen molar-refractivity contribution in [1.82, 2.24) is 9.97 Å². The number of alkyl halides is 3. The van der Waals surface area contributed by atoms with Crippen molar-refractivity contribution >= 4 is 17.4 Å². The van der Waals surface area contributed by atoms with Gasteiger partial charge in [0.25, 0.3) is 0 Å². The maximum Gasteiger partial charge on any atom is 0.573 e. The van der Waals surface area contributed by atoms with Crippen LogP contribution in [-0.4, -0.2) is 23.4 Å². The van der Waals surface area contributed by atoms with Crippen molar-refractivity contribution in [3.05, 3.63) is 47.4 Å². The van der Waals surface area contributed by atoms with Crippen molar-refractivity contribution in [1.29, 1.82) is 0 Å². The first-order chi connectivity index (χ1) is 9.83. The van der Waals surface area contributed by atoms with E-state index in [9.17, 15) is 13.2 Å². The minimum Gasteiger partial charge on any atom is -0.406 e. The predicted octanol–water partition coefficient (Wildman–Crippen LogP) is 3.67. The number of rotatable bonds is 4. The summed E-state index contributed by atoms with van der Waals surface area (Å²) >= 11 is 5.74. The molecule has 112 valence electrons. The van der Waals surface area contributed by atoms with Gasteiger partial charge in [-0.2, -0.15) is 0 Å². The van der Waals surface area contributed by atoms with Crippen molar-refractivity contribution in [3.8, 4) is 5.75 Å². The van der Waals surface area contributed by atoms with Gasteiger partial charge < -0.3 is 9.64 Å². The molecule has 0 saturated carbocycles. The van der Waals surface area contributed by atoms with Gasteiger partial charge in [0.2, 0.25) is 0 Å². The number of anilines is 1. The Balaban J connectivity index is 2.11. The van der Waals surface area contributed by atoms with Crippen LogP contribution < -0.4 is 9.64 Å². The van der Waals surface area contributed by atoms with E-state index < -0.39 is 6.36 Å². The van der Waals surface area contributed by atoms with Crippen LogP contribution in [0.5, 0.6) is 5.75 Å². The highest BCUT2D eigenvalue weighted by atomic mass is 35.5. The van der Waals surface area contributed by atoms with Gasteiger partial charge in [-0.1, -0.05) is 23.7 Å². The van der Waals surface area contributed by atoms with Crippen molar-refractivity contribution in [2.45, 2.75) is 12.9 Å². The number of hydrogen-bond donors (Lipinski definition) is 0. The van der Waals surface area contributed by atoms with Gasteiger partial charge in [-0.25, -0.2) is 4.98 Å². The van der Waals surface area contributed by atoms with Crippen LogP contribution in [-0.2, 0) is 6.54 Å². The summed E-state index contributed by atoms with van der Waals surface area (Å²) in [6.07, 6.45) is -1.79. The summed E-state index contributed by atoms with van der Waals surface area (Å²) in [5.41, 5.74) is 0.640. The summed E-state index contributed by atoms with van der Waals surface area (Å²) in [7, 11) is 1.73. The van der Waals surface area contributed by atoms with Gasteiger partial charge in [-0.15, -0.1) is 13.2 Å². The number of hydrogen-bond acceptors (Lipinski definition) is 4. The van der Waals surface area contributed by atoms with Crippen LogP contribution in [0.2, 0.25) is 5.15 Å². The molecule has 0 aliphatic rings. The number of aromatic nitrogens is 2. The van der Waals surface area contributed by atoms with Crippen LogP contribution in [0.1, 0.15) is 5.56 Å². The minimum atomic E-state index is -4.71. The van der Waals surface area contributed by atoms with Gasteiger partial charge in [0.05, 0.1) is 12.4 Å². The van der Waals surface area contributed by atoms with Crippen LogP contribution in [0.3, 0.4) is 0 Å². The molecule has 0 spiro atoms. The number of nitrogens with zero attached hydrogens (tertiary/aromatic N) is 3. The van der Waals surface area contributed by atoms with Crippen LogP contribution in [0.15, 0.2) is 36.7 Å². The highest BCUT2D eigenvalue weighted by Gasteiger charge is 2.31. The molecule has 0 N–H and O–H groups in total. The lowest BCUT2D eigenvalue weighted by Crippen LogP contribution is -2.19. The first-order valence-electron chi connectivity index (χ1n) is 5.87. The van der Waals surface area contributed by atoms with Gasteiger partial charge in [0.15, 0.2) is 0 Å². The molecule has 0 aliphatic carbocycles. The highest BCUT2D eigenvalue weighted by molar-refractivity contribution is 6.29. The molecule has 0 radical (unpaired) electrons. The van der Waals surface area contributed by atoms with Crippen molar-refractivity contribution in [3.63, 3.8) is 0 Å². The Morgan fingerprint density at radius 2 is 2.05 bits per heavy atom. The molecule has 4 nitrogen and oxygen atoms in total. The summed E-state index contributed by atoms with van der Waals surface area (Å²) in [5.74, 6) is 0.259. The SMILES string of the molecule is CN(Cc1cccc(OC(F)(F)F)c1)c1cncc(Cl)n1. The number of halogens is 4. The standard InChI is InChI=1S/C13H11ClF3N3O/c1-20(12-7-18-6-11(14)19-12)8-9-3-2-4-10(5-9)21-13(15,16)17/h2-7H,8H2,1H3. The van der Waals surface area contributed by atoms with Gasteiger partial charge >= 0.3 is 6.36 Å². The highest BCUT2D eigenvalue weighted by Crippen LogP contribution is 2.24. The van der Waals surface area contributed by atoms with Crippen molar-refractivity contribution in [2.75, 3.05) is 11.9 Å². The molecule has 1 aromatic heterocycles. The number of benzene rings is 1. The van der Waals surface area contributed by atoms with Crippen molar-refractivity contribution in [2.24, 2.45) is 0 Å². The van der Waals surface area contributed by atoms with Crippen LogP contribution >= 0.6 is 11.6 Å². The third kappa shape index (κ3) is 4.78. The first-order valence-corrected chi connectivity index (χ1v) is 6.25. The molecule has 0 atom stereocenters. The maximum atomic E-state index is 12.2. The van der Waals surface area contributed by atoms with E-state index in [1.54, 1.807) is 18.0 Å². The Morgan fingerprint density at radius 3 is 2.71 bits per heavy atom. The Bertz CT molecular complexity index is 622. The molecule has 1 heterocycles. The second-order valence-electron chi connectivity index (χ2n) is 4.25. The third-order valence-electron chi connectivity index (χ3n) is 2.54. The Labute approximate surface area is 124 Å². The second kappa shape index (κ2) is 6.17. The van der Waals surface area contributed by atoms with Crippen molar-refractivity contribution < 1.29 is 17.9 Å². The molecule has 0 aliphatic heterocycles. The predicted molar refractivity (Wildman–Crippen MR) is 72.3 cm³/mol. The first kappa shape index (κ1) is 15.4. The van der Waals surface area contributed by atoms with E-state index in [-0.39, 0.29) is 10.9 Å². The second-order valence-corrected chi connectivity index (χ2v) is 4.64. The maximum absolute atomic E-state index is 12.2. The largest absolute Gasteiger partial charge is 0.573 e. The summed E-state index contributed by atoms with van der Waals surface area (Å²) in [6.45, 7) is 0.337. The summed E-state index contributed by atoms with van der Waals surface area (Å²) in [6, 6.07) is 5.75. The minimum absolute atomic E-state index is 0.244.